The minimum absolute atomic E-state index is 0.215. The van der Waals surface area contributed by atoms with E-state index in [4.69, 9.17) is 9.47 Å². The van der Waals surface area contributed by atoms with Crippen molar-refractivity contribution in [1.82, 2.24) is 0 Å². The summed E-state index contributed by atoms with van der Waals surface area (Å²) < 4.78 is 11.8. The third-order valence-corrected chi connectivity index (χ3v) is 7.91. The van der Waals surface area contributed by atoms with E-state index < -0.39 is 0 Å². The molecule has 176 valence electrons. The summed E-state index contributed by atoms with van der Waals surface area (Å²) in [5.41, 5.74) is 2.05. The zero-order chi connectivity index (χ0) is 22.2. The van der Waals surface area contributed by atoms with Crippen LogP contribution in [0, 0.1) is 28.6 Å². The Hall–Kier alpha value is -0.340. The van der Waals surface area contributed by atoms with Gasteiger partial charge in [0.2, 0.25) is 0 Å². The Labute approximate surface area is 188 Å². The van der Waals surface area contributed by atoms with E-state index >= 15 is 0 Å². The molecule has 0 spiro atoms. The fourth-order valence-corrected chi connectivity index (χ4v) is 6.07. The molecule has 0 aromatic rings. The summed E-state index contributed by atoms with van der Waals surface area (Å²) in [5, 5.41) is 0. The highest BCUT2D eigenvalue weighted by molar-refractivity contribution is 5.09. The molecule has 2 saturated heterocycles. The lowest BCUT2D eigenvalue weighted by molar-refractivity contribution is 0.0674. The summed E-state index contributed by atoms with van der Waals surface area (Å²) in [5.74, 6) is 2.41. The average molecular weight is 421 g/mol. The smallest absolute Gasteiger partial charge is 0.0584 e. The molecule has 2 aliphatic heterocycles. The van der Waals surface area contributed by atoms with E-state index in [0.29, 0.717) is 11.5 Å². The lowest BCUT2D eigenvalue weighted by Crippen LogP contribution is -2.29. The maximum atomic E-state index is 6.05. The first kappa shape index (κ1) is 25.9. The van der Waals surface area contributed by atoms with Crippen molar-refractivity contribution in [2.75, 3.05) is 19.8 Å². The molecule has 2 fully saturated rings. The van der Waals surface area contributed by atoms with Gasteiger partial charge in [0.15, 0.2) is 0 Å². The van der Waals surface area contributed by atoms with E-state index in [1.54, 1.807) is 0 Å². The van der Waals surface area contributed by atoms with Gasteiger partial charge in [0, 0.05) is 19.8 Å². The van der Waals surface area contributed by atoms with Crippen LogP contribution in [0.5, 0.6) is 0 Å². The first-order chi connectivity index (χ1) is 14.2. The zero-order valence-corrected chi connectivity index (χ0v) is 21.2. The standard InChI is InChI=1S/C28H52O2/c1-8-11-25(19-27(4,5)6)24(18-23-14-17-29-21-23)13-15-28(7,22(3)9-2)20-26-12-10-16-30-26/h23-26H,3,8-21H2,1-2,4-7H3. The molecule has 2 rings (SSSR count). The van der Waals surface area contributed by atoms with E-state index in [1.807, 2.05) is 0 Å². The summed E-state index contributed by atoms with van der Waals surface area (Å²) in [4.78, 5) is 0. The minimum atomic E-state index is 0.215. The van der Waals surface area contributed by atoms with E-state index in [-0.39, 0.29) is 5.41 Å². The van der Waals surface area contributed by atoms with Crippen molar-refractivity contribution in [1.29, 1.82) is 0 Å². The van der Waals surface area contributed by atoms with Crippen molar-refractivity contribution >= 4 is 0 Å². The molecule has 0 aromatic heterocycles. The van der Waals surface area contributed by atoms with Crippen molar-refractivity contribution in [2.24, 2.45) is 28.6 Å². The van der Waals surface area contributed by atoms with Crippen LogP contribution in [-0.4, -0.2) is 25.9 Å². The molecule has 2 aliphatic rings. The molecule has 0 amide bonds. The van der Waals surface area contributed by atoms with Crippen molar-refractivity contribution in [3.8, 4) is 0 Å². The third-order valence-electron chi connectivity index (χ3n) is 7.91. The highest BCUT2D eigenvalue weighted by Gasteiger charge is 2.35. The fourth-order valence-electron chi connectivity index (χ4n) is 6.07. The van der Waals surface area contributed by atoms with Crippen molar-refractivity contribution in [2.45, 2.75) is 118 Å². The molecule has 0 aliphatic carbocycles. The number of hydrogen-bond donors (Lipinski definition) is 0. The number of allylic oxidation sites excluding steroid dienone is 1. The predicted molar refractivity (Wildman–Crippen MR) is 130 cm³/mol. The van der Waals surface area contributed by atoms with Crippen LogP contribution in [0.2, 0.25) is 0 Å². The molecular weight excluding hydrogens is 368 g/mol. The second-order valence-corrected chi connectivity index (χ2v) is 11.9. The van der Waals surface area contributed by atoms with Gasteiger partial charge in [-0.3, -0.25) is 0 Å². The Balaban J connectivity index is 2.12. The normalized spacial score (nSPS) is 26.5. The Kier molecular flexibility index (Phi) is 10.4. The molecule has 5 unspecified atom stereocenters. The minimum Gasteiger partial charge on any atom is -0.381 e. The van der Waals surface area contributed by atoms with E-state index in [9.17, 15) is 0 Å². The van der Waals surface area contributed by atoms with Gasteiger partial charge in [-0.2, -0.15) is 0 Å². The Morgan fingerprint density at radius 2 is 1.80 bits per heavy atom. The van der Waals surface area contributed by atoms with E-state index in [2.05, 4.69) is 48.1 Å². The highest BCUT2D eigenvalue weighted by Crippen LogP contribution is 2.45. The zero-order valence-electron chi connectivity index (χ0n) is 21.2. The van der Waals surface area contributed by atoms with Gasteiger partial charge in [-0.05, 0) is 86.4 Å². The average Bonchev–Trinajstić information content (AvgIpc) is 3.37. The van der Waals surface area contributed by atoms with Gasteiger partial charge in [0.05, 0.1) is 6.10 Å². The first-order valence-electron chi connectivity index (χ1n) is 13.0. The van der Waals surface area contributed by atoms with E-state index in [1.165, 1.54) is 63.4 Å². The van der Waals surface area contributed by atoms with Gasteiger partial charge in [0.1, 0.15) is 0 Å². The molecule has 2 heteroatoms. The van der Waals surface area contributed by atoms with Crippen LogP contribution < -0.4 is 0 Å². The number of rotatable bonds is 13. The van der Waals surface area contributed by atoms with Gasteiger partial charge < -0.3 is 9.47 Å². The predicted octanol–water partition coefficient (Wildman–Crippen LogP) is 8.20. The first-order valence-corrected chi connectivity index (χ1v) is 13.0. The van der Waals surface area contributed by atoms with Gasteiger partial charge in [-0.25, -0.2) is 0 Å². The topological polar surface area (TPSA) is 18.5 Å². The molecule has 0 saturated carbocycles. The van der Waals surface area contributed by atoms with Crippen LogP contribution in [-0.2, 0) is 9.47 Å². The largest absolute Gasteiger partial charge is 0.381 e. The highest BCUT2D eigenvalue weighted by atomic mass is 16.5. The molecule has 30 heavy (non-hydrogen) atoms. The number of ether oxygens (including phenoxy) is 2. The molecule has 2 heterocycles. The molecule has 0 aromatic carbocycles. The molecule has 0 radical (unpaired) electrons. The van der Waals surface area contributed by atoms with Gasteiger partial charge in [-0.15, -0.1) is 0 Å². The summed E-state index contributed by atoms with van der Waals surface area (Å²) in [7, 11) is 0. The Morgan fingerprint density at radius 3 is 2.33 bits per heavy atom. The maximum Gasteiger partial charge on any atom is 0.0584 e. The van der Waals surface area contributed by atoms with Crippen LogP contribution in [0.1, 0.15) is 112 Å². The molecular formula is C28H52O2. The van der Waals surface area contributed by atoms with Crippen LogP contribution >= 0.6 is 0 Å². The third kappa shape index (κ3) is 8.30. The van der Waals surface area contributed by atoms with Crippen molar-refractivity contribution in [3.05, 3.63) is 12.2 Å². The molecule has 5 atom stereocenters. The summed E-state index contributed by atoms with van der Waals surface area (Å²) in [6.07, 6.45) is 14.4. The monoisotopic (exact) mass is 420 g/mol. The second-order valence-electron chi connectivity index (χ2n) is 11.9. The quantitative estimate of drug-likeness (QED) is 0.279. The summed E-state index contributed by atoms with van der Waals surface area (Å²) in [6, 6.07) is 0. The SMILES string of the molecule is C=C(CC)C(C)(CCC(CC1CCOC1)C(CCC)CC(C)(C)C)CC1CCCO1. The van der Waals surface area contributed by atoms with Crippen molar-refractivity contribution < 1.29 is 9.47 Å². The second kappa shape index (κ2) is 12.0. The molecule has 0 bridgehead atoms. The lowest BCUT2D eigenvalue weighted by Gasteiger charge is -2.38. The Morgan fingerprint density at radius 1 is 1.03 bits per heavy atom. The van der Waals surface area contributed by atoms with E-state index in [0.717, 1.165) is 50.4 Å². The molecule has 0 N–H and O–H groups in total. The van der Waals surface area contributed by atoms with Gasteiger partial charge >= 0.3 is 0 Å². The maximum absolute atomic E-state index is 6.05. The fraction of sp³-hybridized carbons (Fsp3) is 0.929. The van der Waals surface area contributed by atoms with Crippen LogP contribution in [0.3, 0.4) is 0 Å². The van der Waals surface area contributed by atoms with Gasteiger partial charge in [-0.1, -0.05) is 66.5 Å². The lowest BCUT2D eigenvalue weighted by atomic mass is 9.67. The van der Waals surface area contributed by atoms with Crippen molar-refractivity contribution in [3.63, 3.8) is 0 Å². The summed E-state index contributed by atoms with van der Waals surface area (Å²) >= 11 is 0. The summed E-state index contributed by atoms with van der Waals surface area (Å²) in [6.45, 7) is 21.8. The van der Waals surface area contributed by atoms with Crippen LogP contribution in [0.25, 0.3) is 0 Å². The molecule has 2 nitrogen and oxygen atoms in total. The number of hydrogen-bond acceptors (Lipinski definition) is 2. The van der Waals surface area contributed by atoms with Crippen LogP contribution in [0.15, 0.2) is 12.2 Å². The van der Waals surface area contributed by atoms with Crippen LogP contribution in [0.4, 0.5) is 0 Å². The Bertz CT molecular complexity index is 493. The van der Waals surface area contributed by atoms with Gasteiger partial charge in [0.25, 0.3) is 0 Å².